The Labute approximate surface area is 355 Å². The maximum absolute atomic E-state index is 13.5. The summed E-state index contributed by atoms with van der Waals surface area (Å²) in [6, 6.07) is 20.4. The molecule has 0 unspecified atom stereocenters. The molecule has 0 bridgehead atoms. The smallest absolute Gasteiger partial charge is 0.275 e. The fourth-order valence-electron chi connectivity index (χ4n) is 10.4. The summed E-state index contributed by atoms with van der Waals surface area (Å²) < 4.78 is 7.60. The Hall–Kier alpha value is -5.45. The highest BCUT2D eigenvalue weighted by Gasteiger charge is 2.64. The van der Waals surface area contributed by atoms with Crippen LogP contribution in [0.15, 0.2) is 71.7 Å². The van der Waals surface area contributed by atoms with Crippen LogP contribution in [0.25, 0.3) is 10.8 Å². The van der Waals surface area contributed by atoms with Gasteiger partial charge in [-0.1, -0.05) is 39.3 Å². The molecular formula is C46H53ClN8O5. The fourth-order valence-corrected chi connectivity index (χ4v) is 10.6. The van der Waals surface area contributed by atoms with Crippen LogP contribution >= 0.6 is 11.6 Å². The standard InChI is InChI=1S/C46H53ClN8O5/c1-28-26-52(20-21-54(28)34-11-13-36-32(22-34)25-49-55(42(36)59)38-14-15-39(56)50-41(38)58)27-29-16-18-53(19-17-29)33-9-6-30(7-10-33)40(57)51-43-45(2,3)44(46(43,4)5)60-35-12-8-31(24-48)37(47)23-35/h6-13,22-23,25,28-29,38,43-44H,14-21,26-27H2,1-5H3,(H,51,57)(H,50,56,58)/t28-,38+,43-,44-/m1/s1. The predicted octanol–water partition coefficient (Wildman–Crippen LogP) is 5.94. The average Bonchev–Trinajstić information content (AvgIpc) is 3.22. The molecule has 3 amide bonds. The zero-order chi connectivity index (χ0) is 42.5. The maximum Gasteiger partial charge on any atom is 0.275 e. The summed E-state index contributed by atoms with van der Waals surface area (Å²) in [7, 11) is 0. The van der Waals surface area contributed by atoms with Gasteiger partial charge in [0.1, 0.15) is 24.0 Å². The van der Waals surface area contributed by atoms with Gasteiger partial charge < -0.3 is 19.9 Å². The van der Waals surface area contributed by atoms with Crippen molar-refractivity contribution in [2.45, 2.75) is 84.5 Å². The van der Waals surface area contributed by atoms with Crippen molar-refractivity contribution in [1.29, 1.82) is 5.26 Å². The fraction of sp³-hybridized carbons (Fsp3) is 0.478. The molecule has 4 heterocycles. The summed E-state index contributed by atoms with van der Waals surface area (Å²) in [6.45, 7) is 16.5. The van der Waals surface area contributed by atoms with E-state index in [-0.39, 0.29) is 59.2 Å². The number of ether oxygens (including phenoxy) is 1. The minimum absolute atomic E-state index is 0.102. The van der Waals surface area contributed by atoms with Crippen molar-refractivity contribution in [3.05, 3.63) is 93.4 Å². The van der Waals surface area contributed by atoms with E-state index in [9.17, 15) is 24.4 Å². The Morgan fingerprint density at radius 3 is 2.33 bits per heavy atom. The third-order valence-corrected chi connectivity index (χ3v) is 13.7. The van der Waals surface area contributed by atoms with E-state index in [0.29, 0.717) is 33.2 Å². The van der Waals surface area contributed by atoms with Crippen LogP contribution in [0.3, 0.4) is 0 Å². The number of amides is 3. The van der Waals surface area contributed by atoms with E-state index in [4.69, 9.17) is 16.3 Å². The topological polar surface area (TPSA) is 153 Å². The maximum atomic E-state index is 13.5. The van der Waals surface area contributed by atoms with E-state index in [2.05, 4.69) is 83.3 Å². The lowest BCUT2D eigenvalue weighted by Gasteiger charge is -2.63. The van der Waals surface area contributed by atoms with Crippen LogP contribution in [0.1, 0.15) is 82.3 Å². The molecule has 1 aromatic heterocycles. The molecule has 0 radical (unpaired) electrons. The lowest BCUT2D eigenvalue weighted by molar-refractivity contribution is -0.164. The van der Waals surface area contributed by atoms with Crippen molar-refractivity contribution in [2.24, 2.45) is 16.7 Å². The van der Waals surface area contributed by atoms with Gasteiger partial charge in [-0.05, 0) is 86.7 Å². The number of hydrogen-bond acceptors (Lipinski definition) is 10. The highest BCUT2D eigenvalue weighted by Crippen LogP contribution is 2.55. The lowest BCUT2D eigenvalue weighted by atomic mass is 9.49. The molecule has 4 fully saturated rings. The number of rotatable bonds is 9. The van der Waals surface area contributed by atoms with Gasteiger partial charge in [0.05, 0.1) is 22.2 Å². The number of hydrogen-bond donors (Lipinski definition) is 2. The first-order chi connectivity index (χ1) is 28.6. The molecule has 13 nitrogen and oxygen atoms in total. The predicted molar refractivity (Wildman–Crippen MR) is 231 cm³/mol. The van der Waals surface area contributed by atoms with E-state index >= 15 is 0 Å². The number of imide groups is 1. The van der Waals surface area contributed by atoms with E-state index in [1.807, 2.05) is 30.3 Å². The number of piperidine rings is 2. The largest absolute Gasteiger partial charge is 0.489 e. The monoisotopic (exact) mass is 832 g/mol. The highest BCUT2D eigenvalue weighted by atomic mass is 35.5. The van der Waals surface area contributed by atoms with Gasteiger partial charge >= 0.3 is 0 Å². The van der Waals surface area contributed by atoms with Gasteiger partial charge in [-0.2, -0.15) is 10.4 Å². The molecule has 4 aromatic rings. The van der Waals surface area contributed by atoms with Crippen LogP contribution in [0.5, 0.6) is 5.75 Å². The Morgan fingerprint density at radius 1 is 0.950 bits per heavy atom. The first kappa shape index (κ1) is 41.3. The van der Waals surface area contributed by atoms with E-state index in [1.54, 1.807) is 24.4 Å². The number of aromatic nitrogens is 2. The summed E-state index contributed by atoms with van der Waals surface area (Å²) >= 11 is 6.26. The minimum atomic E-state index is -0.786. The normalized spacial score (nSPS) is 24.4. The number of anilines is 2. The van der Waals surface area contributed by atoms with Gasteiger partial charge in [-0.15, -0.1) is 0 Å². The second-order valence-corrected chi connectivity index (χ2v) is 18.6. The molecule has 314 valence electrons. The molecule has 8 rings (SSSR count). The quantitative estimate of drug-likeness (QED) is 0.194. The van der Waals surface area contributed by atoms with Gasteiger partial charge in [0.15, 0.2) is 0 Å². The van der Waals surface area contributed by atoms with Gasteiger partial charge in [0.2, 0.25) is 5.91 Å². The molecule has 2 N–H and O–H groups in total. The number of nitrogens with zero attached hydrogens (tertiary/aromatic N) is 6. The molecule has 0 spiro atoms. The average molecular weight is 833 g/mol. The summed E-state index contributed by atoms with van der Waals surface area (Å²) in [5, 5.41) is 20.8. The number of carbonyl (C=O) groups is 3. The summed E-state index contributed by atoms with van der Waals surface area (Å²) in [6.07, 6.45) is 4.12. The molecular weight excluding hydrogens is 780 g/mol. The van der Waals surface area contributed by atoms with Crippen LogP contribution in [0.4, 0.5) is 11.4 Å². The summed E-state index contributed by atoms with van der Waals surface area (Å²) in [5.74, 6) is 0.297. The number of nitriles is 1. The second-order valence-electron chi connectivity index (χ2n) is 18.2. The van der Waals surface area contributed by atoms with Crippen molar-refractivity contribution >= 4 is 51.5 Å². The lowest BCUT2D eigenvalue weighted by Crippen LogP contribution is -2.74. The summed E-state index contributed by atoms with van der Waals surface area (Å²) in [5.41, 5.74) is 2.20. The zero-order valence-corrected chi connectivity index (χ0v) is 35.7. The van der Waals surface area contributed by atoms with Crippen molar-refractivity contribution in [2.75, 3.05) is 49.1 Å². The van der Waals surface area contributed by atoms with Crippen molar-refractivity contribution < 1.29 is 19.1 Å². The Kier molecular flexibility index (Phi) is 11.1. The van der Waals surface area contributed by atoms with E-state index in [1.165, 1.54) is 4.68 Å². The van der Waals surface area contributed by atoms with Gasteiger partial charge in [-0.3, -0.25) is 29.4 Å². The van der Waals surface area contributed by atoms with Crippen LogP contribution in [-0.2, 0) is 9.59 Å². The van der Waals surface area contributed by atoms with Crippen molar-refractivity contribution in [1.82, 2.24) is 25.3 Å². The van der Waals surface area contributed by atoms with Gasteiger partial charge in [0.25, 0.3) is 17.4 Å². The van der Waals surface area contributed by atoms with Gasteiger partial charge in [0, 0.05) is 97.0 Å². The molecule has 3 aromatic carbocycles. The third kappa shape index (κ3) is 7.83. The van der Waals surface area contributed by atoms with Crippen molar-refractivity contribution in [3.63, 3.8) is 0 Å². The van der Waals surface area contributed by atoms with Crippen LogP contribution in [0, 0.1) is 28.1 Å². The molecule has 1 aliphatic carbocycles. The molecule has 4 aliphatic rings. The first-order valence-electron chi connectivity index (χ1n) is 21.0. The minimum Gasteiger partial charge on any atom is -0.489 e. The van der Waals surface area contributed by atoms with E-state index < -0.39 is 11.9 Å². The molecule has 3 saturated heterocycles. The molecule has 1 saturated carbocycles. The Balaban J connectivity index is 0.806. The number of halogens is 1. The number of nitrogens with one attached hydrogen (secondary N) is 2. The van der Waals surface area contributed by atoms with Gasteiger partial charge in [-0.25, -0.2) is 4.68 Å². The highest BCUT2D eigenvalue weighted by molar-refractivity contribution is 6.31. The van der Waals surface area contributed by atoms with Crippen LogP contribution in [-0.4, -0.2) is 89.9 Å². The third-order valence-electron chi connectivity index (χ3n) is 13.4. The number of carbonyl (C=O) groups excluding carboxylic acids is 3. The molecule has 3 aliphatic heterocycles. The van der Waals surface area contributed by atoms with Crippen molar-refractivity contribution in [3.8, 4) is 11.8 Å². The Bertz CT molecular complexity index is 2400. The second kappa shape index (κ2) is 16.2. The summed E-state index contributed by atoms with van der Waals surface area (Å²) in [4.78, 5) is 58.2. The molecule has 14 heteroatoms. The van der Waals surface area contributed by atoms with Crippen LogP contribution < -0.4 is 30.7 Å². The number of fused-ring (bicyclic) bond motifs is 1. The van der Waals surface area contributed by atoms with E-state index in [0.717, 1.165) is 68.9 Å². The zero-order valence-electron chi connectivity index (χ0n) is 34.9. The number of benzene rings is 3. The SMILES string of the molecule is C[C@@H]1CN(CC2CCN(c3ccc(C(=O)N[C@H]4C(C)(C)[C@H](Oc5ccc(C#N)c(Cl)c5)C4(C)C)cc3)CC2)CCN1c1ccc2c(=O)n([C@H]3CCC(=O)NC3=O)ncc2c1. The molecule has 60 heavy (non-hydrogen) atoms. The van der Waals surface area contributed by atoms with Crippen LogP contribution in [0.2, 0.25) is 5.02 Å². The molecule has 2 atom stereocenters. The Morgan fingerprint density at radius 2 is 1.67 bits per heavy atom. The number of piperazine rings is 1. The first-order valence-corrected chi connectivity index (χ1v) is 21.4.